The Morgan fingerprint density at radius 1 is 1.43 bits per heavy atom. The van der Waals surface area contributed by atoms with E-state index in [1.165, 1.54) is 12.8 Å². The molecule has 1 aliphatic carbocycles. The van der Waals surface area contributed by atoms with Crippen LogP contribution in [0.25, 0.3) is 0 Å². The number of hydrogen-bond donors (Lipinski definition) is 2. The lowest BCUT2D eigenvalue weighted by Gasteiger charge is -2.18. The Balaban J connectivity index is 1.60. The molecule has 1 atom stereocenters. The molecule has 1 aliphatic heterocycles. The van der Waals surface area contributed by atoms with E-state index in [2.05, 4.69) is 10.6 Å². The van der Waals surface area contributed by atoms with Gasteiger partial charge in [-0.3, -0.25) is 9.59 Å². The highest BCUT2D eigenvalue weighted by Gasteiger charge is 2.28. The molecule has 1 aromatic rings. The van der Waals surface area contributed by atoms with Crippen molar-refractivity contribution in [3.63, 3.8) is 0 Å². The van der Waals surface area contributed by atoms with E-state index in [9.17, 15) is 9.59 Å². The van der Waals surface area contributed by atoms with Crippen molar-refractivity contribution in [3.05, 3.63) is 23.2 Å². The molecule has 6 heteroatoms. The van der Waals surface area contributed by atoms with Crippen LogP contribution in [0.5, 0.6) is 0 Å². The zero-order chi connectivity index (χ0) is 16.4. The summed E-state index contributed by atoms with van der Waals surface area (Å²) in [5.41, 5.74) is 1.50. The maximum absolute atomic E-state index is 12.0. The molecular formula is C17H22ClN3O2. The average Bonchev–Trinajstić information content (AvgIpc) is 3.29. The fourth-order valence-electron chi connectivity index (χ4n) is 2.93. The van der Waals surface area contributed by atoms with E-state index in [0.29, 0.717) is 23.0 Å². The lowest BCUT2D eigenvalue weighted by atomic mass is 10.2. The molecule has 3 rings (SSSR count). The third kappa shape index (κ3) is 3.96. The number of carbonyl (C=O) groups excluding carboxylic acids is 2. The van der Waals surface area contributed by atoms with Gasteiger partial charge in [-0.25, -0.2) is 0 Å². The molecule has 0 spiro atoms. The first-order chi connectivity index (χ1) is 11.0. The smallest absolute Gasteiger partial charge is 0.239 e. The summed E-state index contributed by atoms with van der Waals surface area (Å²) in [7, 11) is 0. The van der Waals surface area contributed by atoms with E-state index in [-0.39, 0.29) is 24.4 Å². The molecule has 23 heavy (non-hydrogen) atoms. The summed E-state index contributed by atoms with van der Waals surface area (Å²) in [5.74, 6) is 0.726. The van der Waals surface area contributed by atoms with Crippen LogP contribution in [0.4, 0.5) is 11.4 Å². The van der Waals surface area contributed by atoms with Gasteiger partial charge < -0.3 is 15.5 Å². The van der Waals surface area contributed by atoms with Crippen LogP contribution in [0.1, 0.15) is 32.6 Å². The van der Waals surface area contributed by atoms with Crippen LogP contribution in [-0.4, -0.2) is 30.9 Å². The van der Waals surface area contributed by atoms with E-state index in [4.69, 9.17) is 11.6 Å². The molecule has 1 saturated carbocycles. The lowest BCUT2D eigenvalue weighted by Crippen LogP contribution is -2.37. The summed E-state index contributed by atoms with van der Waals surface area (Å²) < 4.78 is 0. The van der Waals surface area contributed by atoms with Crippen molar-refractivity contribution >= 4 is 34.8 Å². The van der Waals surface area contributed by atoms with E-state index < -0.39 is 0 Å². The second kappa shape index (κ2) is 6.79. The highest BCUT2D eigenvalue weighted by Crippen LogP contribution is 2.32. The monoisotopic (exact) mass is 335 g/mol. The third-order valence-corrected chi connectivity index (χ3v) is 4.82. The van der Waals surface area contributed by atoms with Crippen LogP contribution in [0.15, 0.2) is 18.2 Å². The zero-order valence-corrected chi connectivity index (χ0v) is 14.0. The Labute approximate surface area is 141 Å². The highest BCUT2D eigenvalue weighted by molar-refractivity contribution is 6.33. The Bertz CT molecular complexity index is 616. The molecule has 1 heterocycles. The lowest BCUT2D eigenvalue weighted by molar-refractivity contribution is -0.120. The maximum atomic E-state index is 12.0. The van der Waals surface area contributed by atoms with Gasteiger partial charge in [-0.2, -0.15) is 0 Å². The molecular weight excluding hydrogens is 314 g/mol. The normalized spacial score (nSPS) is 18.9. The van der Waals surface area contributed by atoms with Gasteiger partial charge in [0.1, 0.15) is 0 Å². The van der Waals surface area contributed by atoms with Gasteiger partial charge in [0.2, 0.25) is 11.8 Å². The molecule has 1 unspecified atom stereocenters. The van der Waals surface area contributed by atoms with Crippen molar-refractivity contribution in [2.24, 2.45) is 5.92 Å². The van der Waals surface area contributed by atoms with Gasteiger partial charge in [0, 0.05) is 24.7 Å². The Kier molecular flexibility index (Phi) is 4.76. The number of halogens is 1. The number of nitrogens with one attached hydrogen (secondary N) is 2. The van der Waals surface area contributed by atoms with Crippen LogP contribution >= 0.6 is 11.6 Å². The van der Waals surface area contributed by atoms with Crippen molar-refractivity contribution in [2.45, 2.75) is 38.6 Å². The Hall–Kier alpha value is -1.75. The van der Waals surface area contributed by atoms with Crippen LogP contribution < -0.4 is 15.5 Å². The minimum atomic E-state index is -0.0388. The first-order valence-electron chi connectivity index (χ1n) is 8.18. The zero-order valence-electron chi connectivity index (χ0n) is 13.3. The van der Waals surface area contributed by atoms with Crippen molar-refractivity contribution in [1.82, 2.24) is 5.32 Å². The number of nitrogens with zero attached hydrogens (tertiary/aromatic N) is 1. The second-order valence-electron chi connectivity index (χ2n) is 6.36. The largest absolute Gasteiger partial charge is 0.375 e. The van der Waals surface area contributed by atoms with Crippen LogP contribution in [0.3, 0.4) is 0 Å². The van der Waals surface area contributed by atoms with Gasteiger partial charge in [-0.05, 0) is 50.3 Å². The number of rotatable bonds is 6. The molecule has 1 aromatic carbocycles. The first-order valence-corrected chi connectivity index (χ1v) is 8.55. The molecule has 0 aromatic heterocycles. The van der Waals surface area contributed by atoms with Gasteiger partial charge in [0.25, 0.3) is 0 Å². The van der Waals surface area contributed by atoms with Gasteiger partial charge in [-0.15, -0.1) is 0 Å². The maximum Gasteiger partial charge on any atom is 0.239 e. The Morgan fingerprint density at radius 2 is 2.22 bits per heavy atom. The molecule has 0 radical (unpaired) electrons. The van der Waals surface area contributed by atoms with Gasteiger partial charge >= 0.3 is 0 Å². The number of amides is 2. The predicted molar refractivity (Wildman–Crippen MR) is 91.9 cm³/mol. The minimum Gasteiger partial charge on any atom is -0.375 e. The van der Waals surface area contributed by atoms with Crippen LogP contribution in [0, 0.1) is 5.92 Å². The number of anilines is 2. The topological polar surface area (TPSA) is 61.4 Å². The van der Waals surface area contributed by atoms with Gasteiger partial charge in [-0.1, -0.05) is 11.6 Å². The summed E-state index contributed by atoms with van der Waals surface area (Å²) in [4.78, 5) is 25.6. The Morgan fingerprint density at radius 3 is 2.87 bits per heavy atom. The molecule has 124 valence electrons. The van der Waals surface area contributed by atoms with Crippen LogP contribution in [-0.2, 0) is 9.59 Å². The van der Waals surface area contributed by atoms with Crippen molar-refractivity contribution in [2.75, 3.05) is 23.3 Å². The van der Waals surface area contributed by atoms with Crippen LogP contribution in [0.2, 0.25) is 5.02 Å². The van der Waals surface area contributed by atoms with Crippen molar-refractivity contribution in [1.29, 1.82) is 0 Å². The van der Waals surface area contributed by atoms with Crippen molar-refractivity contribution < 1.29 is 9.59 Å². The minimum absolute atomic E-state index is 0.0388. The molecule has 2 amide bonds. The van der Waals surface area contributed by atoms with E-state index in [1.807, 2.05) is 19.1 Å². The summed E-state index contributed by atoms with van der Waals surface area (Å²) in [6, 6.07) is 5.67. The molecule has 0 bridgehead atoms. The SMILES string of the molecule is CC(NC(=O)CNc1cc(N2CCCC2=O)ccc1Cl)C1CC1. The summed E-state index contributed by atoms with van der Waals surface area (Å²) in [6.45, 7) is 2.95. The highest BCUT2D eigenvalue weighted by atomic mass is 35.5. The molecule has 2 fully saturated rings. The predicted octanol–water partition coefficient (Wildman–Crippen LogP) is 2.79. The van der Waals surface area contributed by atoms with E-state index >= 15 is 0 Å². The molecule has 1 saturated heterocycles. The number of benzene rings is 1. The fraction of sp³-hybridized carbons (Fsp3) is 0.529. The van der Waals surface area contributed by atoms with Gasteiger partial charge in [0.15, 0.2) is 0 Å². The molecule has 2 N–H and O–H groups in total. The quantitative estimate of drug-likeness (QED) is 0.840. The standard InChI is InChI=1S/C17H22ClN3O2/c1-11(12-4-5-12)20-16(22)10-19-15-9-13(6-7-14(15)18)21-8-2-3-17(21)23/h6-7,9,11-12,19H,2-5,8,10H2,1H3,(H,20,22). The summed E-state index contributed by atoms with van der Waals surface area (Å²) in [5, 5.41) is 6.62. The first kappa shape index (κ1) is 16.1. The summed E-state index contributed by atoms with van der Waals surface area (Å²) in [6.07, 6.45) is 3.87. The summed E-state index contributed by atoms with van der Waals surface area (Å²) >= 11 is 6.19. The molecule has 5 nitrogen and oxygen atoms in total. The number of carbonyl (C=O) groups is 2. The fourth-order valence-corrected chi connectivity index (χ4v) is 3.12. The van der Waals surface area contributed by atoms with Crippen molar-refractivity contribution in [3.8, 4) is 0 Å². The second-order valence-corrected chi connectivity index (χ2v) is 6.77. The average molecular weight is 336 g/mol. The van der Waals surface area contributed by atoms with Gasteiger partial charge in [0.05, 0.1) is 17.3 Å². The van der Waals surface area contributed by atoms with E-state index in [0.717, 1.165) is 18.7 Å². The number of hydrogen-bond acceptors (Lipinski definition) is 3. The molecule has 2 aliphatic rings. The van der Waals surface area contributed by atoms with E-state index in [1.54, 1.807) is 11.0 Å². The third-order valence-electron chi connectivity index (χ3n) is 4.49.